The van der Waals surface area contributed by atoms with Crippen molar-refractivity contribution in [3.05, 3.63) is 0 Å². The zero-order valence-electron chi connectivity index (χ0n) is 13.1. The van der Waals surface area contributed by atoms with Crippen molar-refractivity contribution in [1.82, 2.24) is 10.2 Å². The maximum atomic E-state index is 12.2. The van der Waals surface area contributed by atoms with E-state index in [2.05, 4.69) is 5.32 Å². The third-order valence-electron chi connectivity index (χ3n) is 3.88. The SMILES string of the molecule is CC(CC(=O)O)C1CCCN(C(=O)CNC(C)(C)C)C1. The smallest absolute Gasteiger partial charge is 0.303 e. The van der Waals surface area contributed by atoms with E-state index in [1.54, 1.807) is 0 Å². The second kappa shape index (κ2) is 7.07. The van der Waals surface area contributed by atoms with Crippen LogP contribution in [0.5, 0.6) is 0 Å². The van der Waals surface area contributed by atoms with E-state index >= 15 is 0 Å². The number of piperidine rings is 1. The van der Waals surface area contributed by atoms with E-state index < -0.39 is 5.97 Å². The molecule has 0 spiro atoms. The van der Waals surface area contributed by atoms with Gasteiger partial charge >= 0.3 is 5.97 Å². The topological polar surface area (TPSA) is 69.6 Å². The van der Waals surface area contributed by atoms with E-state index in [0.717, 1.165) is 19.4 Å². The highest BCUT2D eigenvalue weighted by Gasteiger charge is 2.28. The molecule has 1 aliphatic heterocycles. The Bertz CT molecular complexity index is 350. The Hall–Kier alpha value is -1.10. The molecule has 0 aromatic heterocycles. The van der Waals surface area contributed by atoms with Gasteiger partial charge in [-0.05, 0) is 45.4 Å². The average Bonchev–Trinajstić information content (AvgIpc) is 2.34. The number of carboxylic acid groups (broad SMARTS) is 1. The molecule has 20 heavy (non-hydrogen) atoms. The lowest BCUT2D eigenvalue weighted by Gasteiger charge is -2.36. The zero-order valence-corrected chi connectivity index (χ0v) is 13.1. The largest absolute Gasteiger partial charge is 0.481 e. The molecule has 0 aromatic carbocycles. The lowest BCUT2D eigenvalue weighted by atomic mass is 9.84. The van der Waals surface area contributed by atoms with Crippen LogP contribution in [0.25, 0.3) is 0 Å². The summed E-state index contributed by atoms with van der Waals surface area (Å²) in [6.45, 7) is 9.92. The first-order chi connectivity index (χ1) is 9.19. The molecule has 5 heteroatoms. The number of likely N-dealkylation sites (tertiary alicyclic amines) is 1. The maximum absolute atomic E-state index is 12.2. The van der Waals surface area contributed by atoms with Gasteiger partial charge in [-0.3, -0.25) is 9.59 Å². The first kappa shape index (κ1) is 17.0. The van der Waals surface area contributed by atoms with Gasteiger partial charge in [0.1, 0.15) is 0 Å². The molecule has 0 radical (unpaired) electrons. The number of nitrogens with zero attached hydrogens (tertiary/aromatic N) is 1. The third-order valence-corrected chi connectivity index (χ3v) is 3.88. The highest BCUT2D eigenvalue weighted by molar-refractivity contribution is 5.78. The second-order valence-corrected chi connectivity index (χ2v) is 6.92. The fraction of sp³-hybridized carbons (Fsp3) is 0.867. The molecule has 1 fully saturated rings. The number of hydrogen-bond acceptors (Lipinski definition) is 3. The van der Waals surface area contributed by atoms with E-state index in [1.807, 2.05) is 32.6 Å². The van der Waals surface area contributed by atoms with Crippen LogP contribution < -0.4 is 5.32 Å². The van der Waals surface area contributed by atoms with Gasteiger partial charge in [0.15, 0.2) is 0 Å². The molecule has 0 aromatic rings. The van der Waals surface area contributed by atoms with Gasteiger partial charge in [0.25, 0.3) is 0 Å². The summed E-state index contributed by atoms with van der Waals surface area (Å²) < 4.78 is 0. The number of amides is 1. The predicted molar refractivity (Wildman–Crippen MR) is 78.5 cm³/mol. The van der Waals surface area contributed by atoms with E-state index in [0.29, 0.717) is 19.0 Å². The summed E-state index contributed by atoms with van der Waals surface area (Å²) in [5, 5.41) is 12.1. The third kappa shape index (κ3) is 5.90. The van der Waals surface area contributed by atoms with E-state index in [4.69, 9.17) is 5.11 Å². The van der Waals surface area contributed by atoms with Crippen molar-refractivity contribution in [3.8, 4) is 0 Å². The molecule has 2 N–H and O–H groups in total. The van der Waals surface area contributed by atoms with Gasteiger partial charge in [0.2, 0.25) is 5.91 Å². The average molecular weight is 284 g/mol. The maximum Gasteiger partial charge on any atom is 0.303 e. The van der Waals surface area contributed by atoms with E-state index in [9.17, 15) is 9.59 Å². The molecule has 1 heterocycles. The quantitative estimate of drug-likeness (QED) is 0.806. The predicted octanol–water partition coefficient (Wildman–Crippen LogP) is 1.72. The summed E-state index contributed by atoms with van der Waals surface area (Å²) in [6, 6.07) is 0. The van der Waals surface area contributed by atoms with Gasteiger partial charge in [-0.2, -0.15) is 0 Å². The fourth-order valence-corrected chi connectivity index (χ4v) is 2.60. The Kier molecular flexibility index (Phi) is 5.99. The van der Waals surface area contributed by atoms with Crippen molar-refractivity contribution in [2.24, 2.45) is 11.8 Å². The fourth-order valence-electron chi connectivity index (χ4n) is 2.60. The molecule has 1 rings (SSSR count). The Labute approximate surface area is 121 Å². The lowest BCUT2D eigenvalue weighted by molar-refractivity contribution is -0.138. The molecule has 2 atom stereocenters. The van der Waals surface area contributed by atoms with Crippen LogP contribution in [0.3, 0.4) is 0 Å². The Morgan fingerprint density at radius 3 is 2.60 bits per heavy atom. The Morgan fingerprint density at radius 1 is 1.40 bits per heavy atom. The highest BCUT2D eigenvalue weighted by Crippen LogP contribution is 2.26. The van der Waals surface area contributed by atoms with Crippen LogP contribution in [0.4, 0.5) is 0 Å². The van der Waals surface area contributed by atoms with Gasteiger partial charge in [-0.15, -0.1) is 0 Å². The van der Waals surface area contributed by atoms with Gasteiger partial charge in [0.05, 0.1) is 6.54 Å². The minimum absolute atomic E-state index is 0.0680. The second-order valence-electron chi connectivity index (χ2n) is 6.92. The summed E-state index contributed by atoms with van der Waals surface area (Å²) in [7, 11) is 0. The normalized spacial score (nSPS) is 21.6. The van der Waals surface area contributed by atoms with Crippen molar-refractivity contribution in [2.75, 3.05) is 19.6 Å². The first-order valence-electron chi connectivity index (χ1n) is 7.43. The van der Waals surface area contributed by atoms with Crippen molar-refractivity contribution in [1.29, 1.82) is 0 Å². The number of carbonyl (C=O) groups is 2. The van der Waals surface area contributed by atoms with Crippen LogP contribution in [-0.2, 0) is 9.59 Å². The zero-order chi connectivity index (χ0) is 15.3. The summed E-state index contributed by atoms with van der Waals surface area (Å²) >= 11 is 0. The molecule has 0 saturated carbocycles. The molecule has 0 bridgehead atoms. The molecule has 1 saturated heterocycles. The molecular weight excluding hydrogens is 256 g/mol. The van der Waals surface area contributed by atoms with Crippen LogP contribution in [0.1, 0.15) is 47.0 Å². The van der Waals surface area contributed by atoms with Crippen LogP contribution in [0.2, 0.25) is 0 Å². The van der Waals surface area contributed by atoms with E-state index in [-0.39, 0.29) is 23.8 Å². The van der Waals surface area contributed by atoms with Gasteiger partial charge in [-0.25, -0.2) is 0 Å². The summed E-state index contributed by atoms with van der Waals surface area (Å²) in [4.78, 5) is 24.9. The number of hydrogen-bond donors (Lipinski definition) is 2. The molecule has 1 aliphatic rings. The van der Waals surface area contributed by atoms with Crippen molar-refractivity contribution in [3.63, 3.8) is 0 Å². The van der Waals surface area contributed by atoms with Gasteiger partial charge < -0.3 is 15.3 Å². The summed E-state index contributed by atoms with van der Waals surface area (Å²) in [6.07, 6.45) is 2.17. The monoisotopic (exact) mass is 284 g/mol. The van der Waals surface area contributed by atoms with Crippen molar-refractivity contribution < 1.29 is 14.7 Å². The van der Waals surface area contributed by atoms with Crippen molar-refractivity contribution >= 4 is 11.9 Å². The molecule has 116 valence electrons. The Balaban J connectivity index is 2.47. The molecular formula is C15H28N2O3. The minimum atomic E-state index is -0.754. The number of carboxylic acids is 1. The molecule has 5 nitrogen and oxygen atoms in total. The molecule has 2 unspecified atom stereocenters. The minimum Gasteiger partial charge on any atom is -0.481 e. The number of rotatable bonds is 5. The number of nitrogens with one attached hydrogen (secondary N) is 1. The molecule has 1 amide bonds. The van der Waals surface area contributed by atoms with Crippen LogP contribution in [-0.4, -0.2) is 47.1 Å². The van der Waals surface area contributed by atoms with E-state index in [1.165, 1.54) is 0 Å². The van der Waals surface area contributed by atoms with Crippen LogP contribution in [0.15, 0.2) is 0 Å². The molecule has 0 aliphatic carbocycles. The van der Waals surface area contributed by atoms with Gasteiger partial charge in [0, 0.05) is 25.0 Å². The highest BCUT2D eigenvalue weighted by atomic mass is 16.4. The standard InChI is InChI=1S/C15H28N2O3/c1-11(8-14(19)20)12-6-5-7-17(10-12)13(18)9-16-15(2,3)4/h11-12,16H,5-10H2,1-4H3,(H,19,20). The lowest BCUT2D eigenvalue weighted by Crippen LogP contribution is -2.48. The van der Waals surface area contributed by atoms with Crippen LogP contribution >= 0.6 is 0 Å². The number of carbonyl (C=O) groups excluding carboxylic acids is 1. The Morgan fingerprint density at radius 2 is 2.05 bits per heavy atom. The summed E-state index contributed by atoms with van der Waals surface area (Å²) in [5.41, 5.74) is -0.0680. The van der Waals surface area contributed by atoms with Gasteiger partial charge in [-0.1, -0.05) is 6.92 Å². The van der Waals surface area contributed by atoms with Crippen molar-refractivity contribution in [2.45, 2.75) is 52.5 Å². The summed E-state index contributed by atoms with van der Waals surface area (Å²) in [5.74, 6) is -0.209. The number of aliphatic carboxylic acids is 1. The first-order valence-corrected chi connectivity index (χ1v) is 7.43. The van der Waals surface area contributed by atoms with Crippen LogP contribution in [0, 0.1) is 11.8 Å².